The molecule has 18 heavy (non-hydrogen) atoms. The number of rotatable bonds is 1. The summed E-state index contributed by atoms with van der Waals surface area (Å²) in [7, 11) is 0. The van der Waals surface area contributed by atoms with Crippen molar-refractivity contribution in [2.24, 2.45) is 0 Å². The second-order valence-corrected chi connectivity index (χ2v) is 4.43. The van der Waals surface area contributed by atoms with Crippen LogP contribution in [0.1, 0.15) is 5.56 Å². The van der Waals surface area contributed by atoms with Crippen LogP contribution in [0, 0.1) is 6.92 Å². The predicted octanol–water partition coefficient (Wildman–Crippen LogP) is 4.98. The lowest BCUT2D eigenvalue weighted by atomic mass is 10.0. The highest BCUT2D eigenvalue weighted by molar-refractivity contribution is 5.87. The van der Waals surface area contributed by atoms with E-state index in [1.165, 1.54) is 27.5 Å². The van der Waals surface area contributed by atoms with Crippen molar-refractivity contribution < 1.29 is 0 Å². The molecular formula is C17H17N. The molecule has 0 spiro atoms. The summed E-state index contributed by atoms with van der Waals surface area (Å²) < 4.78 is 0. The Bertz CT molecular complexity index is 657. The zero-order valence-corrected chi connectivity index (χ0v) is 10.6. The molecule has 0 fully saturated rings. The summed E-state index contributed by atoms with van der Waals surface area (Å²) >= 11 is 0. The van der Waals surface area contributed by atoms with Crippen LogP contribution in [-0.4, -0.2) is 0 Å². The quantitative estimate of drug-likeness (QED) is 0.634. The first-order valence-corrected chi connectivity index (χ1v) is 5.89. The van der Waals surface area contributed by atoms with Crippen molar-refractivity contribution in [3.05, 3.63) is 72.3 Å². The minimum atomic E-state index is 0. The van der Waals surface area contributed by atoms with Gasteiger partial charge in [-0.25, -0.2) is 0 Å². The fraction of sp³-hybridized carbons (Fsp3) is 0.0588. The molecule has 0 bridgehead atoms. The molecule has 3 aromatic carbocycles. The van der Waals surface area contributed by atoms with E-state index in [0.717, 1.165) is 0 Å². The molecule has 90 valence electrons. The van der Waals surface area contributed by atoms with Crippen LogP contribution < -0.4 is 6.15 Å². The van der Waals surface area contributed by atoms with Crippen molar-refractivity contribution in [3.8, 4) is 11.1 Å². The molecule has 0 amide bonds. The van der Waals surface area contributed by atoms with Gasteiger partial charge in [-0.2, -0.15) is 0 Å². The van der Waals surface area contributed by atoms with E-state index in [2.05, 4.69) is 73.7 Å². The van der Waals surface area contributed by atoms with Gasteiger partial charge in [-0.3, -0.25) is 0 Å². The molecule has 0 radical (unpaired) electrons. The van der Waals surface area contributed by atoms with Crippen molar-refractivity contribution in [2.75, 3.05) is 0 Å². The topological polar surface area (TPSA) is 35.0 Å². The minimum absolute atomic E-state index is 0. The fourth-order valence-corrected chi connectivity index (χ4v) is 2.18. The number of hydrogen-bond acceptors (Lipinski definition) is 1. The second-order valence-electron chi connectivity index (χ2n) is 4.43. The second kappa shape index (κ2) is 5.03. The van der Waals surface area contributed by atoms with Crippen LogP contribution in [0.3, 0.4) is 0 Å². The van der Waals surface area contributed by atoms with Crippen LogP contribution in [0.4, 0.5) is 0 Å². The van der Waals surface area contributed by atoms with Gasteiger partial charge in [0.05, 0.1) is 0 Å². The fourth-order valence-electron chi connectivity index (χ4n) is 2.18. The minimum Gasteiger partial charge on any atom is -0.344 e. The Balaban J connectivity index is 0.00000120. The normalized spacial score (nSPS) is 10.1. The van der Waals surface area contributed by atoms with Crippen molar-refractivity contribution in [2.45, 2.75) is 6.92 Å². The van der Waals surface area contributed by atoms with Gasteiger partial charge in [0.15, 0.2) is 0 Å². The van der Waals surface area contributed by atoms with Crippen LogP contribution in [-0.2, 0) is 0 Å². The van der Waals surface area contributed by atoms with Crippen LogP contribution in [0.2, 0.25) is 0 Å². The summed E-state index contributed by atoms with van der Waals surface area (Å²) in [5, 5.41) is 2.61. The van der Waals surface area contributed by atoms with E-state index in [-0.39, 0.29) is 6.15 Å². The van der Waals surface area contributed by atoms with Crippen molar-refractivity contribution >= 4 is 10.8 Å². The van der Waals surface area contributed by atoms with Gasteiger partial charge in [0.2, 0.25) is 0 Å². The highest BCUT2D eigenvalue weighted by Gasteiger charge is 1.99. The van der Waals surface area contributed by atoms with E-state index in [4.69, 9.17) is 0 Å². The smallest absolute Gasteiger partial charge is 0.0175 e. The third-order valence-corrected chi connectivity index (χ3v) is 3.10. The first-order valence-electron chi connectivity index (χ1n) is 5.89. The van der Waals surface area contributed by atoms with Crippen LogP contribution in [0.15, 0.2) is 66.7 Å². The van der Waals surface area contributed by atoms with Gasteiger partial charge >= 0.3 is 0 Å². The largest absolute Gasteiger partial charge is 0.344 e. The first kappa shape index (κ1) is 12.3. The molecule has 0 aliphatic carbocycles. The molecule has 3 rings (SSSR count). The average molecular weight is 235 g/mol. The average Bonchev–Trinajstić information content (AvgIpc) is 2.39. The summed E-state index contributed by atoms with van der Waals surface area (Å²) in [6.07, 6.45) is 0. The molecule has 3 aromatic rings. The van der Waals surface area contributed by atoms with E-state index in [1.807, 2.05) is 0 Å². The monoisotopic (exact) mass is 235 g/mol. The Morgan fingerprint density at radius 2 is 1.33 bits per heavy atom. The summed E-state index contributed by atoms with van der Waals surface area (Å²) in [4.78, 5) is 0. The van der Waals surface area contributed by atoms with E-state index in [0.29, 0.717) is 0 Å². The molecule has 0 saturated carbocycles. The maximum Gasteiger partial charge on any atom is -0.0175 e. The molecule has 0 aliphatic rings. The Morgan fingerprint density at radius 3 is 2.11 bits per heavy atom. The zero-order chi connectivity index (χ0) is 11.7. The Kier molecular flexibility index (Phi) is 3.45. The predicted molar refractivity (Wildman–Crippen MR) is 79.1 cm³/mol. The van der Waals surface area contributed by atoms with Crippen LogP contribution in [0.25, 0.3) is 21.9 Å². The molecule has 0 saturated heterocycles. The van der Waals surface area contributed by atoms with Crippen molar-refractivity contribution in [3.63, 3.8) is 0 Å². The third kappa shape index (κ3) is 2.27. The maximum absolute atomic E-state index is 2.26. The lowest BCUT2D eigenvalue weighted by Gasteiger charge is -2.04. The molecule has 3 N–H and O–H groups in total. The lowest BCUT2D eigenvalue weighted by molar-refractivity contribution is 1.50. The van der Waals surface area contributed by atoms with Gasteiger partial charge in [-0.1, -0.05) is 66.2 Å². The third-order valence-electron chi connectivity index (χ3n) is 3.10. The Labute approximate surface area is 108 Å². The molecule has 0 heterocycles. The molecular weight excluding hydrogens is 218 g/mol. The van der Waals surface area contributed by atoms with Gasteiger partial charge in [0, 0.05) is 0 Å². The standard InChI is InChI=1S/C17H14.H3N/c1-13-7-8-15-9-10-16(12-17(15)11-13)14-5-3-2-4-6-14;/h2-12H,1H3;1H3. The summed E-state index contributed by atoms with van der Waals surface area (Å²) in [6.45, 7) is 2.13. The van der Waals surface area contributed by atoms with Gasteiger partial charge in [-0.05, 0) is 34.9 Å². The zero-order valence-electron chi connectivity index (χ0n) is 10.6. The molecule has 0 atom stereocenters. The first-order chi connectivity index (χ1) is 8.33. The summed E-state index contributed by atoms with van der Waals surface area (Å²) in [5.41, 5.74) is 3.86. The van der Waals surface area contributed by atoms with E-state index < -0.39 is 0 Å². The SMILES string of the molecule is Cc1ccc2ccc(-c3ccccc3)cc2c1.N. The molecule has 0 aromatic heterocycles. The van der Waals surface area contributed by atoms with E-state index in [9.17, 15) is 0 Å². The lowest BCUT2D eigenvalue weighted by Crippen LogP contribution is -1.79. The molecule has 1 heteroatoms. The van der Waals surface area contributed by atoms with Crippen LogP contribution in [0.5, 0.6) is 0 Å². The van der Waals surface area contributed by atoms with Gasteiger partial charge < -0.3 is 6.15 Å². The van der Waals surface area contributed by atoms with Gasteiger partial charge in [0.25, 0.3) is 0 Å². The summed E-state index contributed by atoms with van der Waals surface area (Å²) in [6, 6.07) is 23.7. The van der Waals surface area contributed by atoms with Gasteiger partial charge in [0.1, 0.15) is 0 Å². The van der Waals surface area contributed by atoms with Gasteiger partial charge in [-0.15, -0.1) is 0 Å². The molecule has 0 aliphatic heterocycles. The molecule has 1 nitrogen and oxygen atoms in total. The Morgan fingerprint density at radius 1 is 0.611 bits per heavy atom. The van der Waals surface area contributed by atoms with E-state index >= 15 is 0 Å². The van der Waals surface area contributed by atoms with E-state index in [1.54, 1.807) is 0 Å². The summed E-state index contributed by atoms with van der Waals surface area (Å²) in [5.74, 6) is 0. The highest BCUT2D eigenvalue weighted by atomic mass is 14.0. The number of benzene rings is 3. The number of fused-ring (bicyclic) bond motifs is 1. The molecule has 0 unspecified atom stereocenters. The highest BCUT2D eigenvalue weighted by Crippen LogP contribution is 2.24. The van der Waals surface area contributed by atoms with Crippen LogP contribution >= 0.6 is 0 Å². The Hall–Kier alpha value is -2.12. The maximum atomic E-state index is 2.26. The van der Waals surface area contributed by atoms with Crippen molar-refractivity contribution in [1.82, 2.24) is 6.15 Å². The van der Waals surface area contributed by atoms with Crippen molar-refractivity contribution in [1.29, 1.82) is 0 Å². The number of hydrogen-bond donors (Lipinski definition) is 1. The number of aryl methyl sites for hydroxylation is 1.